The van der Waals surface area contributed by atoms with E-state index in [0.29, 0.717) is 12.0 Å². The van der Waals surface area contributed by atoms with Crippen molar-refractivity contribution in [2.75, 3.05) is 0 Å². The molecule has 1 aromatic heterocycles. The maximum Gasteiger partial charge on any atom is 0.257 e. The van der Waals surface area contributed by atoms with Gasteiger partial charge in [0, 0.05) is 0 Å². The number of hydrogen-bond acceptors (Lipinski definition) is 0. The van der Waals surface area contributed by atoms with Gasteiger partial charge in [0.2, 0.25) is 0 Å². The molecular weight excluding hydrogens is 496 g/mol. The molecule has 0 aliphatic rings. The van der Waals surface area contributed by atoms with Gasteiger partial charge in [0.25, 0.3) is 5.82 Å². The van der Waals surface area contributed by atoms with Gasteiger partial charge >= 0.3 is 0 Å². The molecule has 0 bridgehead atoms. The minimum atomic E-state index is 0.621. The summed E-state index contributed by atoms with van der Waals surface area (Å²) in [6.45, 7) is 9.42. The van der Waals surface area contributed by atoms with E-state index >= 15 is 0 Å². The molecule has 0 saturated carbocycles. The molecule has 0 aromatic carbocycles. The first-order chi connectivity index (χ1) is 20.2. The summed E-state index contributed by atoms with van der Waals surface area (Å²) in [6.07, 6.45) is 47.2. The monoisotopic (exact) mass is 574 g/mol. The lowest BCUT2D eigenvalue weighted by atomic mass is 9.93. The van der Waals surface area contributed by atoms with Crippen LogP contribution >= 0.6 is 0 Å². The smallest absolute Gasteiger partial charge is 0.247 e. The topological polar surface area (TPSA) is 19.7 Å². The van der Waals surface area contributed by atoms with Crippen molar-refractivity contribution in [2.45, 2.75) is 232 Å². The molecule has 0 radical (unpaired) electrons. The highest BCUT2D eigenvalue weighted by molar-refractivity contribution is 4.90. The van der Waals surface area contributed by atoms with Gasteiger partial charge in [0.05, 0.1) is 12.0 Å². The fourth-order valence-electron chi connectivity index (χ4n) is 6.78. The zero-order chi connectivity index (χ0) is 29.6. The summed E-state index contributed by atoms with van der Waals surface area (Å²) in [7, 11) is 0. The molecule has 2 atom stereocenters. The number of nitrogens with one attached hydrogen (secondary N) is 1. The number of imidazole rings is 1. The Balaban J connectivity index is 2.25. The Bertz CT molecular complexity index is 635. The third-order valence-electron chi connectivity index (χ3n) is 9.64. The first kappa shape index (κ1) is 38.2. The molecule has 0 aliphatic heterocycles. The molecule has 0 saturated heterocycles. The zero-order valence-electron chi connectivity index (χ0n) is 29.0. The Morgan fingerprint density at radius 1 is 0.463 bits per heavy atom. The normalized spacial score (nSPS) is 13.2. The van der Waals surface area contributed by atoms with Crippen molar-refractivity contribution < 1.29 is 4.57 Å². The van der Waals surface area contributed by atoms with Crippen LogP contribution < -0.4 is 4.57 Å². The highest BCUT2D eigenvalue weighted by atomic mass is 15.1. The third-order valence-corrected chi connectivity index (χ3v) is 9.64. The van der Waals surface area contributed by atoms with Crippen molar-refractivity contribution >= 4 is 0 Å². The van der Waals surface area contributed by atoms with Crippen LogP contribution in [0.2, 0.25) is 0 Å². The first-order valence-corrected chi connectivity index (χ1v) is 19.3. The van der Waals surface area contributed by atoms with E-state index in [1.165, 1.54) is 198 Å². The second kappa shape index (κ2) is 29.3. The number of nitrogens with zero attached hydrogens (tertiary/aromatic N) is 1. The van der Waals surface area contributed by atoms with Gasteiger partial charge in [-0.2, -0.15) is 0 Å². The molecule has 1 aromatic rings. The Morgan fingerprint density at radius 3 is 1.20 bits per heavy atom. The summed E-state index contributed by atoms with van der Waals surface area (Å²) in [5.41, 5.74) is 0. The first-order valence-electron chi connectivity index (χ1n) is 19.3. The zero-order valence-corrected chi connectivity index (χ0v) is 29.0. The average molecular weight is 574 g/mol. The Labute approximate surface area is 259 Å². The fraction of sp³-hybridized carbons (Fsp3) is 0.923. The minimum Gasteiger partial charge on any atom is -0.247 e. The van der Waals surface area contributed by atoms with E-state index in [4.69, 9.17) is 0 Å². The van der Waals surface area contributed by atoms with Gasteiger partial charge < -0.3 is 0 Å². The molecule has 1 heterocycles. The number of H-pyrrole nitrogens is 1. The molecule has 41 heavy (non-hydrogen) atoms. The second-order valence-electron chi connectivity index (χ2n) is 13.6. The van der Waals surface area contributed by atoms with Crippen LogP contribution in [0.4, 0.5) is 0 Å². The van der Waals surface area contributed by atoms with Gasteiger partial charge in [-0.1, -0.05) is 188 Å². The van der Waals surface area contributed by atoms with Gasteiger partial charge in [-0.05, 0) is 32.6 Å². The van der Waals surface area contributed by atoms with Crippen molar-refractivity contribution in [1.29, 1.82) is 0 Å². The summed E-state index contributed by atoms with van der Waals surface area (Å²) in [4.78, 5) is 3.72. The van der Waals surface area contributed by atoms with E-state index in [1.54, 1.807) is 0 Å². The van der Waals surface area contributed by atoms with Gasteiger partial charge in [-0.25, -0.2) is 9.55 Å². The van der Waals surface area contributed by atoms with Crippen LogP contribution in [0.1, 0.15) is 238 Å². The summed E-state index contributed by atoms with van der Waals surface area (Å²) in [6, 6.07) is 0.621. The number of aromatic nitrogens is 2. The molecule has 2 heteroatoms. The van der Waals surface area contributed by atoms with E-state index in [1.807, 2.05) is 0 Å². The highest BCUT2D eigenvalue weighted by Gasteiger charge is 2.25. The molecule has 1 N–H and O–H groups in total. The summed E-state index contributed by atoms with van der Waals surface area (Å²) in [5, 5.41) is 0. The fourth-order valence-corrected chi connectivity index (χ4v) is 6.78. The van der Waals surface area contributed by atoms with Crippen LogP contribution in [0.15, 0.2) is 12.4 Å². The van der Waals surface area contributed by atoms with Gasteiger partial charge in [0.15, 0.2) is 0 Å². The molecule has 2 nitrogen and oxygen atoms in total. The van der Waals surface area contributed by atoms with Crippen LogP contribution in [-0.2, 0) is 0 Å². The Hall–Kier alpha value is -0.790. The molecule has 2 unspecified atom stereocenters. The molecule has 0 spiro atoms. The van der Waals surface area contributed by atoms with E-state index in [0.717, 1.165) is 0 Å². The number of hydrogen-bond donors (Lipinski definition) is 1. The summed E-state index contributed by atoms with van der Waals surface area (Å²) < 4.78 is 2.62. The van der Waals surface area contributed by atoms with Crippen LogP contribution in [0.3, 0.4) is 0 Å². The number of rotatable bonds is 32. The SMILES string of the molecule is CCCCCCCCCCCCCCCCC(CCCCC)c1[nH]cc[n+]1C(C)CCCCCCCCCCCC. The summed E-state index contributed by atoms with van der Waals surface area (Å²) in [5.74, 6) is 2.24. The maximum absolute atomic E-state index is 3.72. The molecule has 242 valence electrons. The lowest BCUT2D eigenvalue weighted by Gasteiger charge is -2.17. The quantitative estimate of drug-likeness (QED) is 0.0653. The van der Waals surface area contributed by atoms with Crippen molar-refractivity contribution in [2.24, 2.45) is 0 Å². The molecule has 0 fully saturated rings. The van der Waals surface area contributed by atoms with Gasteiger partial charge in [0.1, 0.15) is 12.4 Å². The number of unbranched alkanes of at least 4 members (excludes halogenated alkanes) is 24. The van der Waals surface area contributed by atoms with Crippen LogP contribution in [0, 0.1) is 0 Å². The van der Waals surface area contributed by atoms with Gasteiger partial charge in [-0.3, -0.25) is 0 Å². The van der Waals surface area contributed by atoms with Crippen LogP contribution in [0.5, 0.6) is 0 Å². The van der Waals surface area contributed by atoms with E-state index in [2.05, 4.69) is 49.6 Å². The average Bonchev–Trinajstić information content (AvgIpc) is 3.47. The largest absolute Gasteiger partial charge is 0.257 e. The lowest BCUT2D eigenvalue weighted by Crippen LogP contribution is -2.41. The van der Waals surface area contributed by atoms with Gasteiger partial charge in [-0.15, -0.1) is 0 Å². The molecule has 0 aliphatic carbocycles. The Kier molecular flexibility index (Phi) is 27.3. The third kappa shape index (κ3) is 21.5. The molecular formula is C39H77N2+. The van der Waals surface area contributed by atoms with Crippen molar-refractivity contribution in [1.82, 2.24) is 4.98 Å². The molecule has 1 rings (SSSR count). The van der Waals surface area contributed by atoms with Crippen molar-refractivity contribution in [3.63, 3.8) is 0 Å². The molecule has 0 amide bonds. The Morgan fingerprint density at radius 2 is 0.780 bits per heavy atom. The van der Waals surface area contributed by atoms with Crippen LogP contribution in [-0.4, -0.2) is 4.98 Å². The van der Waals surface area contributed by atoms with E-state index in [-0.39, 0.29) is 0 Å². The predicted octanol–water partition coefficient (Wildman–Crippen LogP) is 13.7. The highest BCUT2D eigenvalue weighted by Crippen LogP contribution is 2.27. The van der Waals surface area contributed by atoms with E-state index < -0.39 is 0 Å². The van der Waals surface area contributed by atoms with Crippen LogP contribution in [0.25, 0.3) is 0 Å². The predicted molar refractivity (Wildman–Crippen MR) is 184 cm³/mol. The maximum atomic E-state index is 3.72. The second-order valence-corrected chi connectivity index (χ2v) is 13.6. The number of aromatic amines is 1. The lowest BCUT2D eigenvalue weighted by molar-refractivity contribution is -0.727. The summed E-state index contributed by atoms with van der Waals surface area (Å²) >= 11 is 0. The minimum absolute atomic E-state index is 0.621. The van der Waals surface area contributed by atoms with Crippen molar-refractivity contribution in [3.05, 3.63) is 18.2 Å². The standard InChI is InChI=1S/C39H76N2/c1-5-8-11-13-15-17-19-20-21-22-24-26-28-31-34-38(33-29-10-7-3)39-40-35-36-41(39)37(4)32-30-27-25-23-18-16-14-12-9-6-2/h35-38H,5-34H2,1-4H3/p+1. The van der Waals surface area contributed by atoms with E-state index in [9.17, 15) is 0 Å². The van der Waals surface area contributed by atoms with Crippen molar-refractivity contribution in [3.8, 4) is 0 Å².